The normalized spacial score (nSPS) is 18.9. The summed E-state index contributed by atoms with van der Waals surface area (Å²) in [6, 6.07) is 8.24. The van der Waals surface area contributed by atoms with E-state index in [4.69, 9.17) is 11.6 Å². The van der Waals surface area contributed by atoms with E-state index >= 15 is 0 Å². The summed E-state index contributed by atoms with van der Waals surface area (Å²) in [6.45, 7) is 6.89. The van der Waals surface area contributed by atoms with E-state index in [0.717, 1.165) is 30.5 Å². The molecule has 1 aliphatic rings. The van der Waals surface area contributed by atoms with Gasteiger partial charge in [0.25, 0.3) is 0 Å². The van der Waals surface area contributed by atoms with E-state index in [-0.39, 0.29) is 0 Å². The van der Waals surface area contributed by atoms with Crippen LogP contribution >= 0.6 is 11.6 Å². The zero-order chi connectivity index (χ0) is 10.9. The SMILES string of the molecule is CC(C)C1(Cc2cccc(Cl)c2)CNC1. The zero-order valence-corrected chi connectivity index (χ0v) is 10.1. The summed E-state index contributed by atoms with van der Waals surface area (Å²) in [5, 5.41) is 4.23. The van der Waals surface area contributed by atoms with E-state index in [2.05, 4.69) is 31.3 Å². The van der Waals surface area contributed by atoms with E-state index in [1.54, 1.807) is 0 Å². The van der Waals surface area contributed by atoms with Gasteiger partial charge in [-0.1, -0.05) is 37.6 Å². The molecule has 1 heterocycles. The molecule has 0 saturated carbocycles. The number of benzene rings is 1. The van der Waals surface area contributed by atoms with Crippen molar-refractivity contribution in [2.24, 2.45) is 11.3 Å². The maximum Gasteiger partial charge on any atom is 0.0408 e. The Bertz CT molecular complexity index is 342. The van der Waals surface area contributed by atoms with Crippen molar-refractivity contribution in [3.05, 3.63) is 34.9 Å². The molecule has 1 aromatic rings. The largest absolute Gasteiger partial charge is 0.315 e. The highest BCUT2D eigenvalue weighted by Crippen LogP contribution is 2.35. The van der Waals surface area contributed by atoms with Gasteiger partial charge in [0.1, 0.15) is 0 Å². The number of hydrogen-bond acceptors (Lipinski definition) is 1. The molecule has 0 radical (unpaired) electrons. The van der Waals surface area contributed by atoms with E-state index < -0.39 is 0 Å². The molecule has 1 N–H and O–H groups in total. The first-order valence-corrected chi connectivity index (χ1v) is 5.95. The number of rotatable bonds is 3. The smallest absolute Gasteiger partial charge is 0.0408 e. The van der Waals surface area contributed by atoms with Crippen LogP contribution in [-0.2, 0) is 6.42 Å². The second kappa shape index (κ2) is 4.15. The molecule has 0 unspecified atom stereocenters. The number of halogens is 1. The van der Waals surface area contributed by atoms with Crippen molar-refractivity contribution >= 4 is 11.6 Å². The molecular weight excluding hydrogens is 206 g/mol. The van der Waals surface area contributed by atoms with E-state index in [1.165, 1.54) is 5.56 Å². The Balaban J connectivity index is 2.13. The third-order valence-electron chi connectivity index (χ3n) is 3.62. The van der Waals surface area contributed by atoms with Crippen molar-refractivity contribution in [2.75, 3.05) is 13.1 Å². The molecule has 0 aromatic heterocycles. The van der Waals surface area contributed by atoms with E-state index in [9.17, 15) is 0 Å². The van der Waals surface area contributed by atoms with Gasteiger partial charge in [0.15, 0.2) is 0 Å². The molecule has 15 heavy (non-hydrogen) atoms. The molecule has 1 nitrogen and oxygen atoms in total. The van der Waals surface area contributed by atoms with Gasteiger partial charge in [-0.3, -0.25) is 0 Å². The molecule has 0 aliphatic carbocycles. The topological polar surface area (TPSA) is 12.0 Å². The van der Waals surface area contributed by atoms with Crippen LogP contribution in [0, 0.1) is 11.3 Å². The summed E-state index contributed by atoms with van der Waals surface area (Å²) >= 11 is 6.00. The van der Waals surface area contributed by atoms with Gasteiger partial charge in [-0.2, -0.15) is 0 Å². The Morgan fingerprint density at radius 2 is 2.13 bits per heavy atom. The highest BCUT2D eigenvalue weighted by Gasteiger charge is 2.39. The molecule has 0 spiro atoms. The van der Waals surface area contributed by atoms with Crippen molar-refractivity contribution in [2.45, 2.75) is 20.3 Å². The molecule has 1 fully saturated rings. The predicted octanol–water partition coefficient (Wildman–Crippen LogP) is 3.13. The van der Waals surface area contributed by atoms with Gasteiger partial charge in [0, 0.05) is 23.5 Å². The molecule has 1 saturated heterocycles. The molecule has 0 amide bonds. The van der Waals surface area contributed by atoms with Crippen LogP contribution in [0.3, 0.4) is 0 Å². The van der Waals surface area contributed by atoms with Crippen LogP contribution in [0.15, 0.2) is 24.3 Å². The Morgan fingerprint density at radius 3 is 2.60 bits per heavy atom. The van der Waals surface area contributed by atoms with Crippen LogP contribution < -0.4 is 5.32 Å². The van der Waals surface area contributed by atoms with Crippen molar-refractivity contribution in [1.29, 1.82) is 0 Å². The van der Waals surface area contributed by atoms with Gasteiger partial charge >= 0.3 is 0 Å². The fourth-order valence-electron chi connectivity index (χ4n) is 2.24. The van der Waals surface area contributed by atoms with Crippen molar-refractivity contribution in [3.8, 4) is 0 Å². The van der Waals surface area contributed by atoms with Crippen LogP contribution in [0.1, 0.15) is 19.4 Å². The Labute approximate surface area is 96.8 Å². The standard InChI is InChI=1S/C13H18ClN/c1-10(2)13(8-15-9-13)7-11-4-3-5-12(14)6-11/h3-6,10,15H,7-9H2,1-2H3. The Hall–Kier alpha value is -0.530. The lowest BCUT2D eigenvalue weighted by atomic mass is 9.68. The average molecular weight is 224 g/mol. The summed E-state index contributed by atoms with van der Waals surface area (Å²) in [7, 11) is 0. The van der Waals surface area contributed by atoms with Crippen LogP contribution in [0.5, 0.6) is 0 Å². The molecule has 1 aromatic carbocycles. The minimum atomic E-state index is 0.449. The minimum Gasteiger partial charge on any atom is -0.315 e. The van der Waals surface area contributed by atoms with Crippen molar-refractivity contribution in [3.63, 3.8) is 0 Å². The van der Waals surface area contributed by atoms with Crippen LogP contribution in [0.25, 0.3) is 0 Å². The van der Waals surface area contributed by atoms with E-state index in [1.807, 2.05) is 12.1 Å². The van der Waals surface area contributed by atoms with Crippen LogP contribution in [0.2, 0.25) is 5.02 Å². The summed E-state index contributed by atoms with van der Waals surface area (Å²) in [5.74, 6) is 0.720. The fourth-order valence-corrected chi connectivity index (χ4v) is 2.45. The lowest BCUT2D eigenvalue weighted by molar-refractivity contribution is 0.0995. The lowest BCUT2D eigenvalue weighted by Gasteiger charge is -2.46. The number of hydrogen-bond donors (Lipinski definition) is 1. The third kappa shape index (κ3) is 2.19. The molecule has 82 valence electrons. The average Bonchev–Trinajstić information content (AvgIpc) is 2.11. The summed E-state index contributed by atoms with van der Waals surface area (Å²) in [6.07, 6.45) is 1.14. The van der Waals surface area contributed by atoms with Gasteiger partial charge in [0.05, 0.1) is 0 Å². The van der Waals surface area contributed by atoms with Gasteiger partial charge in [-0.15, -0.1) is 0 Å². The maximum atomic E-state index is 6.00. The minimum absolute atomic E-state index is 0.449. The first-order chi connectivity index (χ1) is 7.12. The van der Waals surface area contributed by atoms with Gasteiger partial charge in [-0.05, 0) is 30.0 Å². The second-order valence-electron chi connectivity index (χ2n) is 4.93. The summed E-state index contributed by atoms with van der Waals surface area (Å²) in [5.41, 5.74) is 1.81. The van der Waals surface area contributed by atoms with Gasteiger partial charge in [0.2, 0.25) is 0 Å². The van der Waals surface area contributed by atoms with Crippen molar-refractivity contribution < 1.29 is 0 Å². The Morgan fingerprint density at radius 1 is 1.40 bits per heavy atom. The van der Waals surface area contributed by atoms with Gasteiger partial charge in [-0.25, -0.2) is 0 Å². The predicted molar refractivity (Wildman–Crippen MR) is 65.3 cm³/mol. The number of nitrogens with one attached hydrogen (secondary N) is 1. The quantitative estimate of drug-likeness (QED) is 0.831. The van der Waals surface area contributed by atoms with Crippen LogP contribution in [0.4, 0.5) is 0 Å². The highest BCUT2D eigenvalue weighted by atomic mass is 35.5. The van der Waals surface area contributed by atoms with E-state index in [0.29, 0.717) is 5.41 Å². The first kappa shape index (κ1) is 11.0. The third-order valence-corrected chi connectivity index (χ3v) is 3.86. The molecule has 0 atom stereocenters. The first-order valence-electron chi connectivity index (χ1n) is 5.58. The summed E-state index contributed by atoms with van der Waals surface area (Å²) in [4.78, 5) is 0. The maximum absolute atomic E-state index is 6.00. The van der Waals surface area contributed by atoms with Crippen LogP contribution in [-0.4, -0.2) is 13.1 Å². The molecule has 0 bridgehead atoms. The molecule has 2 rings (SSSR count). The lowest BCUT2D eigenvalue weighted by Crippen LogP contribution is -2.57. The molecule has 2 heteroatoms. The second-order valence-corrected chi connectivity index (χ2v) is 5.36. The van der Waals surface area contributed by atoms with Gasteiger partial charge < -0.3 is 5.32 Å². The van der Waals surface area contributed by atoms with Crippen molar-refractivity contribution in [1.82, 2.24) is 5.32 Å². The zero-order valence-electron chi connectivity index (χ0n) is 9.39. The molecular formula is C13H18ClN. The fraction of sp³-hybridized carbons (Fsp3) is 0.538. The summed E-state index contributed by atoms with van der Waals surface area (Å²) < 4.78 is 0. The Kier molecular flexibility index (Phi) is 3.03. The highest BCUT2D eigenvalue weighted by molar-refractivity contribution is 6.30. The monoisotopic (exact) mass is 223 g/mol. The molecule has 1 aliphatic heterocycles.